The lowest BCUT2D eigenvalue weighted by atomic mass is 10.2. The number of nitrogens with two attached hydrogens (primary N) is 1. The van der Waals surface area contributed by atoms with Gasteiger partial charge in [-0.1, -0.05) is 5.21 Å². The number of pyridine rings is 1. The number of carbonyl (C=O) groups is 1. The van der Waals surface area contributed by atoms with Gasteiger partial charge in [-0.15, -0.1) is 5.10 Å². The van der Waals surface area contributed by atoms with Crippen LogP contribution in [0, 0.1) is 0 Å². The molecule has 3 aromatic rings. The number of hydrogen-bond donors (Lipinski definition) is 1. The van der Waals surface area contributed by atoms with Crippen molar-refractivity contribution in [1.29, 1.82) is 0 Å². The van der Waals surface area contributed by atoms with Crippen LogP contribution in [-0.4, -0.2) is 25.9 Å². The second-order valence-corrected chi connectivity index (χ2v) is 3.76. The Kier molecular flexibility index (Phi) is 2.26. The molecule has 0 fully saturated rings. The Balaban J connectivity index is 2.12. The van der Waals surface area contributed by atoms with Crippen molar-refractivity contribution in [2.24, 2.45) is 5.73 Å². The summed E-state index contributed by atoms with van der Waals surface area (Å²) in [5, 5.41) is 8.04. The fourth-order valence-corrected chi connectivity index (χ4v) is 1.71. The molecule has 2 N–H and O–H groups in total. The minimum atomic E-state index is -0.455. The van der Waals surface area contributed by atoms with Crippen LogP contribution in [0.4, 0.5) is 0 Å². The van der Waals surface area contributed by atoms with Gasteiger partial charge in [-0.05, 0) is 36.4 Å². The number of rotatable bonds is 2. The van der Waals surface area contributed by atoms with Crippen molar-refractivity contribution in [1.82, 2.24) is 20.0 Å². The monoisotopic (exact) mass is 239 g/mol. The number of benzene rings is 1. The van der Waals surface area contributed by atoms with E-state index in [2.05, 4.69) is 15.3 Å². The molecule has 0 saturated carbocycles. The van der Waals surface area contributed by atoms with E-state index in [-0.39, 0.29) is 0 Å². The molecule has 0 saturated heterocycles. The van der Waals surface area contributed by atoms with E-state index in [0.29, 0.717) is 11.2 Å². The van der Waals surface area contributed by atoms with Gasteiger partial charge in [0.05, 0.1) is 5.69 Å². The maximum absolute atomic E-state index is 11.0. The van der Waals surface area contributed by atoms with E-state index in [0.717, 1.165) is 11.2 Å². The number of primary amides is 1. The first-order valence-corrected chi connectivity index (χ1v) is 5.32. The summed E-state index contributed by atoms with van der Waals surface area (Å²) >= 11 is 0. The van der Waals surface area contributed by atoms with E-state index in [1.807, 2.05) is 6.07 Å². The lowest BCUT2D eigenvalue weighted by molar-refractivity contribution is 0.100. The average molecular weight is 239 g/mol. The molecule has 0 aliphatic heterocycles. The first-order valence-electron chi connectivity index (χ1n) is 5.32. The molecular weight excluding hydrogens is 230 g/mol. The van der Waals surface area contributed by atoms with E-state index < -0.39 is 5.91 Å². The van der Waals surface area contributed by atoms with Crippen LogP contribution < -0.4 is 5.73 Å². The molecule has 3 rings (SSSR count). The Hall–Kier alpha value is -2.76. The average Bonchev–Trinajstić information content (AvgIpc) is 2.82. The van der Waals surface area contributed by atoms with Gasteiger partial charge < -0.3 is 5.73 Å². The molecule has 0 spiro atoms. The second kappa shape index (κ2) is 3.92. The lowest BCUT2D eigenvalue weighted by Crippen LogP contribution is -2.10. The first-order chi connectivity index (χ1) is 8.75. The molecule has 1 aromatic carbocycles. The highest BCUT2D eigenvalue weighted by Crippen LogP contribution is 2.14. The number of fused-ring (bicyclic) bond motifs is 1. The smallest absolute Gasteiger partial charge is 0.248 e. The van der Waals surface area contributed by atoms with Crippen LogP contribution in [0.2, 0.25) is 0 Å². The highest BCUT2D eigenvalue weighted by molar-refractivity contribution is 5.92. The molecular formula is C12H9N5O. The highest BCUT2D eigenvalue weighted by Gasteiger charge is 2.07. The van der Waals surface area contributed by atoms with Crippen LogP contribution in [0.5, 0.6) is 0 Å². The molecule has 1 amide bonds. The highest BCUT2D eigenvalue weighted by atomic mass is 16.1. The zero-order chi connectivity index (χ0) is 12.5. The molecule has 2 aromatic heterocycles. The summed E-state index contributed by atoms with van der Waals surface area (Å²) in [6.07, 6.45) is 1.68. The van der Waals surface area contributed by atoms with E-state index in [1.165, 1.54) is 0 Å². The molecule has 18 heavy (non-hydrogen) atoms. The van der Waals surface area contributed by atoms with Crippen molar-refractivity contribution in [3.05, 3.63) is 48.2 Å². The fraction of sp³-hybridized carbons (Fsp3) is 0. The van der Waals surface area contributed by atoms with Crippen LogP contribution in [0.3, 0.4) is 0 Å². The topological polar surface area (TPSA) is 86.7 Å². The van der Waals surface area contributed by atoms with Crippen molar-refractivity contribution in [2.45, 2.75) is 0 Å². The Morgan fingerprint density at radius 3 is 2.67 bits per heavy atom. The van der Waals surface area contributed by atoms with Crippen LogP contribution in [-0.2, 0) is 0 Å². The maximum atomic E-state index is 11.0. The molecule has 0 aliphatic rings. The third-order valence-corrected chi connectivity index (χ3v) is 2.60. The third kappa shape index (κ3) is 1.60. The standard InChI is InChI=1S/C12H9N5O/c13-11(18)8-3-5-9(6-4-8)17-12-10(15-16-17)2-1-7-14-12/h1-7H,(H2,13,18). The molecule has 0 atom stereocenters. The molecule has 0 radical (unpaired) electrons. The Bertz CT molecular complexity index is 717. The fourth-order valence-electron chi connectivity index (χ4n) is 1.71. The first kappa shape index (κ1) is 10.4. The quantitative estimate of drug-likeness (QED) is 0.720. The predicted octanol–water partition coefficient (Wildman–Crippen LogP) is 0.914. The van der Waals surface area contributed by atoms with Crippen LogP contribution >= 0.6 is 0 Å². The Morgan fingerprint density at radius 1 is 1.17 bits per heavy atom. The van der Waals surface area contributed by atoms with Crippen molar-refractivity contribution in [3.63, 3.8) is 0 Å². The van der Waals surface area contributed by atoms with Gasteiger partial charge in [-0.2, -0.15) is 4.68 Å². The van der Waals surface area contributed by atoms with Gasteiger partial charge in [-0.3, -0.25) is 4.79 Å². The minimum absolute atomic E-state index is 0.455. The number of hydrogen-bond acceptors (Lipinski definition) is 4. The summed E-state index contributed by atoms with van der Waals surface area (Å²) in [6.45, 7) is 0. The SMILES string of the molecule is NC(=O)c1ccc(-n2nnc3cccnc32)cc1. The van der Waals surface area contributed by atoms with Crippen LogP contribution in [0.25, 0.3) is 16.9 Å². The maximum Gasteiger partial charge on any atom is 0.248 e. The van der Waals surface area contributed by atoms with Crippen LogP contribution in [0.1, 0.15) is 10.4 Å². The normalized spacial score (nSPS) is 10.7. The third-order valence-electron chi connectivity index (χ3n) is 2.60. The zero-order valence-electron chi connectivity index (χ0n) is 9.32. The molecule has 88 valence electrons. The van der Waals surface area contributed by atoms with E-state index in [1.54, 1.807) is 41.2 Å². The van der Waals surface area contributed by atoms with Gasteiger partial charge in [0.25, 0.3) is 0 Å². The van der Waals surface area contributed by atoms with Gasteiger partial charge >= 0.3 is 0 Å². The Labute approximate surface area is 102 Å². The number of aromatic nitrogens is 4. The second-order valence-electron chi connectivity index (χ2n) is 3.76. The Morgan fingerprint density at radius 2 is 1.94 bits per heavy atom. The van der Waals surface area contributed by atoms with E-state index >= 15 is 0 Å². The van der Waals surface area contributed by atoms with Crippen molar-refractivity contribution in [2.75, 3.05) is 0 Å². The number of amides is 1. The molecule has 2 heterocycles. The largest absolute Gasteiger partial charge is 0.366 e. The molecule has 0 unspecified atom stereocenters. The summed E-state index contributed by atoms with van der Waals surface area (Å²) in [5.41, 5.74) is 7.81. The van der Waals surface area contributed by atoms with Gasteiger partial charge in [-0.25, -0.2) is 4.98 Å². The minimum Gasteiger partial charge on any atom is -0.366 e. The summed E-state index contributed by atoms with van der Waals surface area (Å²) in [4.78, 5) is 15.2. The summed E-state index contributed by atoms with van der Waals surface area (Å²) in [6, 6.07) is 10.4. The molecule has 6 nitrogen and oxygen atoms in total. The van der Waals surface area contributed by atoms with Crippen LogP contribution in [0.15, 0.2) is 42.6 Å². The van der Waals surface area contributed by atoms with Crippen molar-refractivity contribution < 1.29 is 4.79 Å². The number of carbonyl (C=O) groups excluding carboxylic acids is 1. The van der Waals surface area contributed by atoms with Crippen molar-refractivity contribution in [3.8, 4) is 5.69 Å². The van der Waals surface area contributed by atoms with Gasteiger partial charge in [0, 0.05) is 11.8 Å². The van der Waals surface area contributed by atoms with Gasteiger partial charge in [0.15, 0.2) is 5.65 Å². The van der Waals surface area contributed by atoms with Gasteiger partial charge in [0.1, 0.15) is 5.52 Å². The van der Waals surface area contributed by atoms with E-state index in [9.17, 15) is 4.79 Å². The number of nitrogens with zero attached hydrogens (tertiary/aromatic N) is 4. The lowest BCUT2D eigenvalue weighted by Gasteiger charge is -2.01. The summed E-state index contributed by atoms with van der Waals surface area (Å²) in [7, 11) is 0. The molecule has 0 bridgehead atoms. The zero-order valence-corrected chi connectivity index (χ0v) is 9.32. The molecule has 6 heteroatoms. The molecule has 0 aliphatic carbocycles. The summed E-state index contributed by atoms with van der Waals surface area (Å²) in [5.74, 6) is -0.455. The predicted molar refractivity (Wildman–Crippen MR) is 65.2 cm³/mol. The van der Waals surface area contributed by atoms with Gasteiger partial charge in [0.2, 0.25) is 5.91 Å². The summed E-state index contributed by atoms with van der Waals surface area (Å²) < 4.78 is 1.61. The van der Waals surface area contributed by atoms with E-state index in [4.69, 9.17) is 5.73 Å². The van der Waals surface area contributed by atoms with Crippen molar-refractivity contribution >= 4 is 17.1 Å².